The van der Waals surface area contributed by atoms with Gasteiger partial charge in [0.25, 0.3) is 0 Å². The average Bonchev–Trinajstić information content (AvgIpc) is 2.55. The molecular formula is C17H11ClN4. The maximum absolute atomic E-state index is 9.36. The highest BCUT2D eigenvalue weighted by molar-refractivity contribution is 6.33. The summed E-state index contributed by atoms with van der Waals surface area (Å²) in [4.78, 5) is 8.31. The number of nitrogen functional groups attached to an aromatic ring is 1. The number of anilines is 1. The highest BCUT2D eigenvalue weighted by Gasteiger charge is 2.14. The van der Waals surface area contributed by atoms with Gasteiger partial charge in [-0.15, -0.1) is 0 Å². The van der Waals surface area contributed by atoms with Gasteiger partial charge in [-0.3, -0.25) is 4.98 Å². The summed E-state index contributed by atoms with van der Waals surface area (Å²) in [6.07, 6.45) is 3.34. The van der Waals surface area contributed by atoms with Gasteiger partial charge in [0.2, 0.25) is 0 Å². The number of benzene rings is 1. The zero-order valence-electron chi connectivity index (χ0n) is 11.5. The van der Waals surface area contributed by atoms with Gasteiger partial charge in [0.15, 0.2) is 0 Å². The minimum absolute atomic E-state index is 0.187. The van der Waals surface area contributed by atoms with Crippen LogP contribution < -0.4 is 5.73 Å². The third-order valence-corrected chi connectivity index (χ3v) is 3.63. The van der Waals surface area contributed by atoms with E-state index in [0.29, 0.717) is 21.8 Å². The summed E-state index contributed by atoms with van der Waals surface area (Å²) in [7, 11) is 0. The van der Waals surface area contributed by atoms with Crippen molar-refractivity contribution >= 4 is 17.4 Å². The van der Waals surface area contributed by atoms with Gasteiger partial charge in [0, 0.05) is 28.5 Å². The quantitative estimate of drug-likeness (QED) is 0.778. The number of nitrogens with zero attached hydrogens (tertiary/aromatic N) is 3. The van der Waals surface area contributed by atoms with Crippen molar-refractivity contribution in [3.05, 3.63) is 65.4 Å². The molecule has 22 heavy (non-hydrogen) atoms. The van der Waals surface area contributed by atoms with Crippen molar-refractivity contribution in [2.24, 2.45) is 0 Å². The van der Waals surface area contributed by atoms with Crippen LogP contribution in [0.15, 0.2) is 54.9 Å². The van der Waals surface area contributed by atoms with Crippen LogP contribution in [-0.2, 0) is 0 Å². The van der Waals surface area contributed by atoms with Gasteiger partial charge < -0.3 is 5.73 Å². The molecule has 0 aliphatic heterocycles. The normalized spacial score (nSPS) is 10.2. The van der Waals surface area contributed by atoms with E-state index in [2.05, 4.69) is 16.0 Å². The Kier molecular flexibility index (Phi) is 3.73. The van der Waals surface area contributed by atoms with Crippen molar-refractivity contribution in [2.45, 2.75) is 0 Å². The number of halogens is 1. The first-order valence-corrected chi connectivity index (χ1v) is 6.94. The Labute approximate surface area is 132 Å². The van der Waals surface area contributed by atoms with E-state index in [9.17, 15) is 5.26 Å². The lowest BCUT2D eigenvalue weighted by Gasteiger charge is -2.10. The third-order valence-electron chi connectivity index (χ3n) is 3.30. The van der Waals surface area contributed by atoms with Crippen LogP contribution in [0.25, 0.3) is 22.4 Å². The zero-order chi connectivity index (χ0) is 15.5. The van der Waals surface area contributed by atoms with E-state index in [1.165, 1.54) is 0 Å². The van der Waals surface area contributed by atoms with Crippen molar-refractivity contribution in [2.75, 3.05) is 5.73 Å². The summed E-state index contributed by atoms with van der Waals surface area (Å²) in [5.74, 6) is 0.187. The molecule has 0 fully saturated rings. The van der Waals surface area contributed by atoms with Gasteiger partial charge >= 0.3 is 0 Å². The molecule has 0 unspecified atom stereocenters. The highest BCUT2D eigenvalue weighted by atomic mass is 35.5. The highest BCUT2D eigenvalue weighted by Crippen LogP contribution is 2.33. The second-order valence-corrected chi connectivity index (χ2v) is 5.05. The summed E-state index contributed by atoms with van der Waals surface area (Å²) in [5, 5.41) is 9.95. The number of rotatable bonds is 2. The van der Waals surface area contributed by atoms with Crippen LogP contribution in [0.4, 0.5) is 5.82 Å². The second kappa shape index (κ2) is 5.84. The Balaban J connectivity index is 2.27. The first kappa shape index (κ1) is 14.1. The smallest absolute Gasteiger partial charge is 0.142 e. The molecule has 2 N–H and O–H groups in total. The third kappa shape index (κ3) is 2.50. The fourth-order valence-corrected chi connectivity index (χ4v) is 2.48. The number of hydrogen-bond acceptors (Lipinski definition) is 4. The Hall–Kier alpha value is -2.90. The first-order chi connectivity index (χ1) is 10.7. The van der Waals surface area contributed by atoms with Crippen LogP contribution in [0.2, 0.25) is 5.02 Å². The van der Waals surface area contributed by atoms with E-state index in [1.54, 1.807) is 18.5 Å². The molecule has 0 aliphatic carbocycles. The fraction of sp³-hybridized carbons (Fsp3) is 0. The van der Waals surface area contributed by atoms with Crippen molar-refractivity contribution in [1.82, 2.24) is 9.97 Å². The van der Waals surface area contributed by atoms with Gasteiger partial charge in [-0.2, -0.15) is 5.26 Å². The maximum atomic E-state index is 9.36. The first-order valence-electron chi connectivity index (χ1n) is 6.56. The lowest BCUT2D eigenvalue weighted by molar-refractivity contribution is 1.29. The fourth-order valence-electron chi connectivity index (χ4n) is 2.25. The summed E-state index contributed by atoms with van der Waals surface area (Å²) < 4.78 is 0. The molecule has 2 heterocycles. The number of hydrogen-bond donors (Lipinski definition) is 1. The molecule has 2 aromatic heterocycles. The maximum Gasteiger partial charge on any atom is 0.142 e. The van der Waals surface area contributed by atoms with E-state index in [1.807, 2.05) is 36.4 Å². The van der Waals surface area contributed by atoms with E-state index in [-0.39, 0.29) is 5.82 Å². The summed E-state index contributed by atoms with van der Waals surface area (Å²) in [5.41, 5.74) is 9.29. The molecule has 0 saturated heterocycles. The largest absolute Gasteiger partial charge is 0.383 e. The lowest BCUT2D eigenvalue weighted by atomic mass is 9.99. The molecule has 1 aromatic carbocycles. The SMILES string of the molecule is N#Cc1c(-c2ccncc2)cc(-c2ccccc2Cl)nc1N. The van der Waals surface area contributed by atoms with E-state index >= 15 is 0 Å². The van der Waals surface area contributed by atoms with E-state index in [0.717, 1.165) is 11.1 Å². The van der Waals surface area contributed by atoms with Crippen LogP contribution >= 0.6 is 11.6 Å². The molecule has 4 nitrogen and oxygen atoms in total. The Morgan fingerprint density at radius 2 is 1.77 bits per heavy atom. The molecule has 106 valence electrons. The molecule has 0 atom stereocenters. The molecule has 3 rings (SSSR count). The van der Waals surface area contributed by atoms with Crippen LogP contribution in [0.3, 0.4) is 0 Å². The molecule has 5 heteroatoms. The van der Waals surface area contributed by atoms with E-state index in [4.69, 9.17) is 17.3 Å². The van der Waals surface area contributed by atoms with Crippen molar-refractivity contribution in [3.8, 4) is 28.5 Å². The van der Waals surface area contributed by atoms with Crippen LogP contribution in [0.1, 0.15) is 5.56 Å². The summed E-state index contributed by atoms with van der Waals surface area (Å²) in [6.45, 7) is 0. The van der Waals surface area contributed by atoms with Gasteiger partial charge in [-0.25, -0.2) is 4.98 Å². The molecule has 3 aromatic rings. The van der Waals surface area contributed by atoms with Crippen molar-refractivity contribution < 1.29 is 0 Å². The molecule has 0 bridgehead atoms. The van der Waals surface area contributed by atoms with Gasteiger partial charge in [-0.05, 0) is 29.8 Å². The molecule has 0 aliphatic rings. The minimum atomic E-state index is 0.187. The van der Waals surface area contributed by atoms with Crippen molar-refractivity contribution in [1.29, 1.82) is 5.26 Å². The molecule has 0 saturated carbocycles. The average molecular weight is 307 g/mol. The number of nitriles is 1. The Bertz CT molecular complexity index is 870. The number of pyridine rings is 2. The number of nitrogens with two attached hydrogens (primary N) is 1. The van der Waals surface area contributed by atoms with Gasteiger partial charge in [-0.1, -0.05) is 29.8 Å². The Morgan fingerprint density at radius 1 is 1.05 bits per heavy atom. The van der Waals surface area contributed by atoms with Gasteiger partial charge in [0.1, 0.15) is 17.5 Å². The molecule has 0 radical (unpaired) electrons. The predicted molar refractivity (Wildman–Crippen MR) is 87.0 cm³/mol. The second-order valence-electron chi connectivity index (χ2n) is 4.64. The summed E-state index contributed by atoms with van der Waals surface area (Å²) >= 11 is 6.23. The predicted octanol–water partition coefficient (Wildman–Crippen LogP) is 3.92. The monoisotopic (exact) mass is 306 g/mol. The molecule has 0 amide bonds. The lowest BCUT2D eigenvalue weighted by Crippen LogP contribution is -2.00. The Morgan fingerprint density at radius 3 is 2.45 bits per heavy atom. The topological polar surface area (TPSA) is 75.6 Å². The minimum Gasteiger partial charge on any atom is -0.383 e. The summed E-state index contributed by atoms with van der Waals surface area (Å²) in [6, 6.07) is 15.0. The number of aromatic nitrogens is 2. The van der Waals surface area contributed by atoms with Crippen LogP contribution in [0, 0.1) is 11.3 Å². The van der Waals surface area contributed by atoms with Crippen molar-refractivity contribution in [3.63, 3.8) is 0 Å². The molecular weight excluding hydrogens is 296 g/mol. The molecule has 0 spiro atoms. The van der Waals surface area contributed by atoms with E-state index < -0.39 is 0 Å². The standard InChI is InChI=1S/C17H11ClN4/c18-15-4-2-1-3-12(15)16-9-13(11-5-7-21-8-6-11)14(10-19)17(20)22-16/h1-9H,(H2,20,22). The van der Waals surface area contributed by atoms with Crippen LogP contribution in [0.5, 0.6) is 0 Å². The van der Waals surface area contributed by atoms with Crippen LogP contribution in [-0.4, -0.2) is 9.97 Å². The zero-order valence-corrected chi connectivity index (χ0v) is 12.2. The van der Waals surface area contributed by atoms with Gasteiger partial charge in [0.05, 0.1) is 5.69 Å².